The Bertz CT molecular complexity index is 750. The van der Waals surface area contributed by atoms with Gasteiger partial charge in [0.2, 0.25) is 5.91 Å². The molecule has 0 atom stereocenters. The van der Waals surface area contributed by atoms with Gasteiger partial charge in [-0.2, -0.15) is 0 Å². The molecule has 0 unspecified atom stereocenters. The highest BCUT2D eigenvalue weighted by molar-refractivity contribution is 5.91. The maximum Gasteiger partial charge on any atom is 0.224 e. The van der Waals surface area contributed by atoms with Crippen molar-refractivity contribution < 1.29 is 9.53 Å². The highest BCUT2D eigenvalue weighted by Crippen LogP contribution is 2.27. The molecule has 2 aromatic rings. The van der Waals surface area contributed by atoms with E-state index in [0.717, 1.165) is 35.4 Å². The van der Waals surface area contributed by atoms with Gasteiger partial charge in [-0.25, -0.2) is 0 Å². The number of rotatable bonds is 7. The highest BCUT2D eigenvalue weighted by atomic mass is 16.5. The molecule has 0 saturated carbocycles. The van der Waals surface area contributed by atoms with E-state index in [0.29, 0.717) is 13.0 Å². The van der Waals surface area contributed by atoms with E-state index in [9.17, 15) is 4.79 Å². The molecule has 0 radical (unpaired) electrons. The zero-order valence-corrected chi connectivity index (χ0v) is 16.0. The van der Waals surface area contributed by atoms with E-state index in [1.165, 1.54) is 16.7 Å². The van der Waals surface area contributed by atoms with E-state index < -0.39 is 0 Å². The lowest BCUT2D eigenvalue weighted by Gasteiger charge is -2.17. The Morgan fingerprint density at radius 2 is 1.72 bits per heavy atom. The molecule has 2 rings (SSSR count). The molecule has 134 valence electrons. The number of hydrogen-bond donors (Lipinski definition) is 1. The maximum atomic E-state index is 11.8. The first kappa shape index (κ1) is 19.0. The third-order valence-corrected chi connectivity index (χ3v) is 4.64. The molecule has 0 heterocycles. The Balaban J connectivity index is 2.28. The summed E-state index contributed by atoms with van der Waals surface area (Å²) in [6.45, 7) is 10.8. The minimum Gasteiger partial charge on any atom is -0.489 e. The molecule has 0 aliphatic rings. The molecular formula is C22H29NO2. The lowest BCUT2D eigenvalue weighted by molar-refractivity contribution is -0.115. The first-order valence-electron chi connectivity index (χ1n) is 9.13. The first-order chi connectivity index (χ1) is 12.0. The van der Waals surface area contributed by atoms with Crippen LogP contribution in [0.5, 0.6) is 5.75 Å². The number of ether oxygens (including phenoxy) is 1. The van der Waals surface area contributed by atoms with Crippen LogP contribution in [0.25, 0.3) is 0 Å². The number of benzene rings is 2. The number of carbonyl (C=O) groups excluding carboxylic acids is 1. The molecule has 0 fully saturated rings. The third-order valence-electron chi connectivity index (χ3n) is 4.64. The van der Waals surface area contributed by atoms with Crippen molar-refractivity contribution in [1.82, 2.24) is 0 Å². The predicted molar refractivity (Wildman–Crippen MR) is 104 cm³/mol. The molecular weight excluding hydrogens is 310 g/mol. The highest BCUT2D eigenvalue weighted by Gasteiger charge is 2.12. The zero-order valence-electron chi connectivity index (χ0n) is 16.0. The molecule has 25 heavy (non-hydrogen) atoms. The number of aryl methyl sites for hydroxylation is 4. The number of nitrogens with one attached hydrogen (secondary N) is 1. The fraction of sp³-hybridized carbons (Fsp3) is 0.409. The van der Waals surface area contributed by atoms with Gasteiger partial charge >= 0.3 is 0 Å². The normalized spacial score (nSPS) is 10.6. The molecule has 0 saturated heterocycles. The van der Waals surface area contributed by atoms with Crippen molar-refractivity contribution in [3.63, 3.8) is 0 Å². The maximum absolute atomic E-state index is 11.8. The molecule has 0 aromatic heterocycles. The molecule has 3 heteroatoms. The Morgan fingerprint density at radius 1 is 1.00 bits per heavy atom. The molecule has 3 nitrogen and oxygen atoms in total. The number of amides is 1. The summed E-state index contributed by atoms with van der Waals surface area (Å²) in [5.74, 6) is 0.933. The topological polar surface area (TPSA) is 38.3 Å². The summed E-state index contributed by atoms with van der Waals surface area (Å²) in [4.78, 5) is 11.8. The van der Waals surface area contributed by atoms with E-state index in [-0.39, 0.29) is 5.91 Å². The number of hydrogen-bond acceptors (Lipinski definition) is 2. The van der Waals surface area contributed by atoms with Gasteiger partial charge in [0.1, 0.15) is 12.4 Å². The minimum atomic E-state index is 0.0221. The van der Waals surface area contributed by atoms with Gasteiger partial charge in [-0.1, -0.05) is 39.0 Å². The second-order valence-electron chi connectivity index (χ2n) is 6.38. The van der Waals surface area contributed by atoms with Crippen molar-refractivity contribution in [1.29, 1.82) is 0 Å². The van der Waals surface area contributed by atoms with Gasteiger partial charge in [-0.05, 0) is 61.1 Å². The van der Waals surface area contributed by atoms with Crippen LogP contribution in [0.1, 0.15) is 55.0 Å². The lowest BCUT2D eigenvalue weighted by Crippen LogP contribution is -2.13. The standard InChI is InChI=1S/C22H29NO2/c1-6-17-10-9-11-20(23-22(24)8-3)19(17)14-25-21-13-15(4)18(7-2)12-16(21)5/h9-13H,6-8,14H2,1-5H3,(H,23,24). The third kappa shape index (κ3) is 4.62. The second-order valence-corrected chi connectivity index (χ2v) is 6.38. The van der Waals surface area contributed by atoms with Crippen LogP contribution in [0.4, 0.5) is 5.69 Å². The van der Waals surface area contributed by atoms with Gasteiger partial charge in [-0.3, -0.25) is 4.79 Å². The molecule has 1 N–H and O–H groups in total. The average Bonchev–Trinajstić information content (AvgIpc) is 2.62. The summed E-state index contributed by atoms with van der Waals surface area (Å²) in [6.07, 6.45) is 2.40. The van der Waals surface area contributed by atoms with Crippen LogP contribution in [0, 0.1) is 13.8 Å². The van der Waals surface area contributed by atoms with Crippen molar-refractivity contribution in [2.45, 2.75) is 60.5 Å². The van der Waals surface area contributed by atoms with Gasteiger partial charge in [0.15, 0.2) is 0 Å². The Kier molecular flexibility index (Phi) is 6.63. The predicted octanol–water partition coefficient (Wildman–Crippen LogP) is 5.36. The van der Waals surface area contributed by atoms with Gasteiger partial charge in [0.25, 0.3) is 0 Å². The molecule has 0 aliphatic carbocycles. The fourth-order valence-corrected chi connectivity index (χ4v) is 3.03. The number of anilines is 1. The van der Waals surface area contributed by atoms with Crippen LogP contribution < -0.4 is 10.1 Å². The summed E-state index contributed by atoms with van der Waals surface area (Å²) >= 11 is 0. The van der Waals surface area contributed by atoms with Gasteiger partial charge in [0, 0.05) is 17.7 Å². The largest absolute Gasteiger partial charge is 0.489 e. The van der Waals surface area contributed by atoms with Gasteiger partial charge in [0.05, 0.1) is 0 Å². The lowest BCUT2D eigenvalue weighted by atomic mass is 10.0. The SMILES string of the molecule is CCC(=O)Nc1cccc(CC)c1COc1cc(C)c(CC)cc1C. The van der Waals surface area contributed by atoms with Gasteiger partial charge < -0.3 is 10.1 Å². The summed E-state index contributed by atoms with van der Waals surface area (Å²) in [6, 6.07) is 10.4. The second kappa shape index (κ2) is 8.70. The van der Waals surface area contributed by atoms with Crippen molar-refractivity contribution in [3.8, 4) is 5.75 Å². The Labute approximate surface area is 151 Å². The molecule has 2 aromatic carbocycles. The first-order valence-corrected chi connectivity index (χ1v) is 9.13. The average molecular weight is 339 g/mol. The van der Waals surface area contributed by atoms with Crippen molar-refractivity contribution in [2.75, 3.05) is 5.32 Å². The van der Waals surface area contributed by atoms with E-state index in [4.69, 9.17) is 4.74 Å². The van der Waals surface area contributed by atoms with Crippen LogP contribution in [-0.4, -0.2) is 5.91 Å². The van der Waals surface area contributed by atoms with E-state index >= 15 is 0 Å². The van der Waals surface area contributed by atoms with E-state index in [1.54, 1.807) is 0 Å². The summed E-state index contributed by atoms with van der Waals surface area (Å²) in [7, 11) is 0. The molecule has 0 bridgehead atoms. The van der Waals surface area contributed by atoms with Crippen LogP contribution in [0.2, 0.25) is 0 Å². The zero-order chi connectivity index (χ0) is 18.4. The summed E-state index contributed by atoms with van der Waals surface area (Å²) in [5.41, 5.74) is 6.87. The van der Waals surface area contributed by atoms with Crippen LogP contribution in [0.3, 0.4) is 0 Å². The monoisotopic (exact) mass is 339 g/mol. The Hall–Kier alpha value is -2.29. The van der Waals surface area contributed by atoms with Crippen molar-refractivity contribution in [2.24, 2.45) is 0 Å². The minimum absolute atomic E-state index is 0.0221. The van der Waals surface area contributed by atoms with Crippen LogP contribution >= 0.6 is 0 Å². The fourth-order valence-electron chi connectivity index (χ4n) is 3.03. The summed E-state index contributed by atoms with van der Waals surface area (Å²) < 4.78 is 6.15. The molecule has 0 aliphatic heterocycles. The van der Waals surface area contributed by atoms with Gasteiger partial charge in [-0.15, -0.1) is 0 Å². The number of carbonyl (C=O) groups is 1. The smallest absolute Gasteiger partial charge is 0.224 e. The Morgan fingerprint density at radius 3 is 2.36 bits per heavy atom. The van der Waals surface area contributed by atoms with Crippen molar-refractivity contribution in [3.05, 3.63) is 58.1 Å². The molecule has 0 spiro atoms. The summed E-state index contributed by atoms with van der Waals surface area (Å²) in [5, 5.41) is 3.00. The van der Waals surface area contributed by atoms with Crippen LogP contribution in [-0.2, 0) is 24.2 Å². The van der Waals surface area contributed by atoms with E-state index in [2.05, 4.69) is 51.2 Å². The van der Waals surface area contributed by atoms with Crippen LogP contribution in [0.15, 0.2) is 30.3 Å². The molecule has 1 amide bonds. The van der Waals surface area contributed by atoms with Crippen molar-refractivity contribution >= 4 is 11.6 Å². The van der Waals surface area contributed by atoms with E-state index in [1.807, 2.05) is 19.1 Å². The quantitative estimate of drug-likeness (QED) is 0.738.